The van der Waals surface area contributed by atoms with Gasteiger partial charge in [-0.25, -0.2) is 15.0 Å². The van der Waals surface area contributed by atoms with Crippen molar-refractivity contribution in [1.82, 2.24) is 15.0 Å². The number of halogens is 1. The molecular formula is C15H12ClN3OS. The Balaban J connectivity index is 1.81. The zero-order valence-corrected chi connectivity index (χ0v) is 12.7. The Hall–Kier alpha value is -1.72. The van der Waals surface area contributed by atoms with Crippen molar-refractivity contribution in [2.75, 3.05) is 0 Å². The minimum atomic E-state index is 0.447. The fourth-order valence-corrected chi connectivity index (χ4v) is 4.00. The fraction of sp³-hybridized carbons (Fsp3) is 0.267. The molecule has 6 heteroatoms. The molecule has 0 saturated heterocycles. The Kier molecular flexibility index (Phi) is 3.24. The highest BCUT2D eigenvalue weighted by Crippen LogP contribution is 2.40. The van der Waals surface area contributed by atoms with E-state index >= 15 is 0 Å². The van der Waals surface area contributed by atoms with E-state index in [0.717, 1.165) is 23.1 Å². The average molecular weight is 318 g/mol. The second-order valence-electron chi connectivity index (χ2n) is 4.99. The van der Waals surface area contributed by atoms with Crippen LogP contribution in [0.5, 0.6) is 11.6 Å². The first-order valence-corrected chi connectivity index (χ1v) is 8.05. The van der Waals surface area contributed by atoms with Crippen molar-refractivity contribution in [2.24, 2.45) is 0 Å². The number of rotatable bonds is 2. The number of aryl methyl sites for hydroxylation is 2. The Morgan fingerprint density at radius 1 is 1.10 bits per heavy atom. The quantitative estimate of drug-likeness (QED) is 0.657. The van der Waals surface area contributed by atoms with Crippen LogP contribution in [0.4, 0.5) is 0 Å². The van der Waals surface area contributed by atoms with Crippen molar-refractivity contribution in [2.45, 2.75) is 25.7 Å². The normalized spacial score (nSPS) is 14.1. The minimum Gasteiger partial charge on any atom is -0.437 e. The number of pyridine rings is 1. The summed E-state index contributed by atoms with van der Waals surface area (Å²) in [5.74, 6) is 1.25. The first-order valence-electron chi connectivity index (χ1n) is 6.86. The van der Waals surface area contributed by atoms with Crippen LogP contribution in [0, 0.1) is 0 Å². The monoisotopic (exact) mass is 317 g/mol. The predicted octanol–water partition coefficient (Wildman–Crippen LogP) is 4.41. The van der Waals surface area contributed by atoms with Crippen molar-refractivity contribution in [3.8, 4) is 11.6 Å². The van der Waals surface area contributed by atoms with E-state index in [-0.39, 0.29) is 0 Å². The van der Waals surface area contributed by atoms with Gasteiger partial charge in [-0.05, 0) is 43.4 Å². The molecule has 0 bridgehead atoms. The molecule has 3 aromatic rings. The van der Waals surface area contributed by atoms with Gasteiger partial charge in [0, 0.05) is 4.88 Å². The first-order chi connectivity index (χ1) is 10.3. The number of fused-ring (bicyclic) bond motifs is 3. The zero-order valence-electron chi connectivity index (χ0n) is 11.2. The maximum absolute atomic E-state index is 5.91. The third kappa shape index (κ3) is 2.36. The summed E-state index contributed by atoms with van der Waals surface area (Å²) >= 11 is 7.56. The number of hydrogen-bond acceptors (Lipinski definition) is 5. The van der Waals surface area contributed by atoms with Gasteiger partial charge in [0.05, 0.1) is 11.6 Å². The largest absolute Gasteiger partial charge is 0.437 e. The van der Waals surface area contributed by atoms with Crippen molar-refractivity contribution in [3.05, 3.63) is 40.3 Å². The molecule has 0 N–H and O–H groups in total. The van der Waals surface area contributed by atoms with Crippen LogP contribution in [0.25, 0.3) is 10.2 Å². The van der Waals surface area contributed by atoms with E-state index in [1.165, 1.54) is 23.3 Å². The van der Waals surface area contributed by atoms with Gasteiger partial charge in [0.1, 0.15) is 22.1 Å². The third-order valence-corrected chi connectivity index (χ3v) is 5.05. The maximum Gasteiger partial charge on any atom is 0.231 e. The van der Waals surface area contributed by atoms with E-state index in [2.05, 4.69) is 15.0 Å². The molecule has 0 spiro atoms. The molecule has 3 heterocycles. The molecule has 0 unspecified atom stereocenters. The van der Waals surface area contributed by atoms with Gasteiger partial charge in [-0.2, -0.15) is 0 Å². The molecule has 0 saturated carbocycles. The maximum atomic E-state index is 5.91. The van der Waals surface area contributed by atoms with E-state index < -0.39 is 0 Å². The summed E-state index contributed by atoms with van der Waals surface area (Å²) in [6.07, 6.45) is 7.86. The molecule has 0 aliphatic heterocycles. The van der Waals surface area contributed by atoms with Crippen molar-refractivity contribution < 1.29 is 4.74 Å². The van der Waals surface area contributed by atoms with Crippen molar-refractivity contribution in [3.63, 3.8) is 0 Å². The van der Waals surface area contributed by atoms with Crippen molar-refractivity contribution >= 4 is 33.2 Å². The summed E-state index contributed by atoms with van der Waals surface area (Å²) in [6.45, 7) is 0. The van der Waals surface area contributed by atoms with E-state index in [1.807, 2.05) is 0 Å². The van der Waals surface area contributed by atoms with Gasteiger partial charge in [0.15, 0.2) is 0 Å². The number of nitrogens with zero attached hydrogens (tertiary/aromatic N) is 3. The van der Waals surface area contributed by atoms with Crippen LogP contribution < -0.4 is 4.74 Å². The summed E-state index contributed by atoms with van der Waals surface area (Å²) in [6, 6.07) is 3.50. The number of thiophene rings is 1. The minimum absolute atomic E-state index is 0.447. The Morgan fingerprint density at radius 3 is 2.86 bits per heavy atom. The van der Waals surface area contributed by atoms with Crippen LogP contribution in [-0.2, 0) is 12.8 Å². The topological polar surface area (TPSA) is 47.9 Å². The van der Waals surface area contributed by atoms with Crippen LogP contribution >= 0.6 is 22.9 Å². The molecule has 21 heavy (non-hydrogen) atoms. The molecule has 1 aliphatic rings. The molecule has 3 aromatic heterocycles. The van der Waals surface area contributed by atoms with Gasteiger partial charge >= 0.3 is 0 Å². The molecule has 0 fully saturated rings. The average Bonchev–Trinajstić information content (AvgIpc) is 2.89. The van der Waals surface area contributed by atoms with Crippen LogP contribution in [0.3, 0.4) is 0 Å². The lowest BCUT2D eigenvalue weighted by Crippen LogP contribution is -1.99. The predicted molar refractivity (Wildman–Crippen MR) is 83.4 cm³/mol. The van der Waals surface area contributed by atoms with Crippen LogP contribution in [0.15, 0.2) is 24.7 Å². The van der Waals surface area contributed by atoms with E-state index in [9.17, 15) is 0 Å². The summed E-state index contributed by atoms with van der Waals surface area (Å²) < 4.78 is 5.91. The number of hydrogen-bond donors (Lipinski definition) is 0. The Labute approximate surface area is 130 Å². The number of aromatic nitrogens is 3. The summed E-state index contributed by atoms with van der Waals surface area (Å²) in [5, 5.41) is 1.51. The van der Waals surface area contributed by atoms with Gasteiger partial charge in [-0.1, -0.05) is 11.6 Å². The fourth-order valence-electron chi connectivity index (χ4n) is 2.67. The van der Waals surface area contributed by atoms with Gasteiger partial charge in [0.25, 0.3) is 0 Å². The molecule has 0 amide bonds. The smallest absolute Gasteiger partial charge is 0.231 e. The molecule has 0 radical (unpaired) electrons. The van der Waals surface area contributed by atoms with Crippen LogP contribution in [0.1, 0.15) is 23.3 Å². The Bertz CT molecular complexity index is 801. The molecule has 0 atom stereocenters. The second kappa shape index (κ2) is 5.24. The standard InChI is InChI=1S/C15H12ClN3OS/c16-12-6-5-9(7-17-12)20-14-13-10-3-1-2-4-11(10)21-15(13)19-8-18-14/h5-8H,1-4H2. The molecule has 1 aliphatic carbocycles. The third-order valence-electron chi connectivity index (χ3n) is 3.63. The SMILES string of the molecule is Clc1ccc(Oc2ncnc3sc4c(c23)CCCC4)cn1. The highest BCUT2D eigenvalue weighted by atomic mass is 35.5. The van der Waals surface area contributed by atoms with E-state index in [1.54, 1.807) is 36.0 Å². The molecule has 4 nitrogen and oxygen atoms in total. The van der Waals surface area contributed by atoms with E-state index in [0.29, 0.717) is 16.8 Å². The summed E-state index contributed by atoms with van der Waals surface area (Å²) in [5.41, 5.74) is 1.36. The lowest BCUT2D eigenvalue weighted by atomic mass is 9.97. The summed E-state index contributed by atoms with van der Waals surface area (Å²) in [7, 11) is 0. The lowest BCUT2D eigenvalue weighted by Gasteiger charge is -2.11. The van der Waals surface area contributed by atoms with Gasteiger partial charge < -0.3 is 4.74 Å². The van der Waals surface area contributed by atoms with Gasteiger partial charge in [-0.3, -0.25) is 0 Å². The highest BCUT2D eigenvalue weighted by Gasteiger charge is 2.20. The van der Waals surface area contributed by atoms with Crippen LogP contribution in [0.2, 0.25) is 5.15 Å². The molecule has 4 rings (SSSR count). The summed E-state index contributed by atoms with van der Waals surface area (Å²) in [4.78, 5) is 15.2. The lowest BCUT2D eigenvalue weighted by molar-refractivity contribution is 0.465. The molecule has 0 aromatic carbocycles. The Morgan fingerprint density at radius 2 is 2.00 bits per heavy atom. The van der Waals surface area contributed by atoms with Crippen molar-refractivity contribution in [1.29, 1.82) is 0 Å². The zero-order chi connectivity index (χ0) is 14.2. The highest BCUT2D eigenvalue weighted by molar-refractivity contribution is 7.18. The molecular weight excluding hydrogens is 306 g/mol. The first kappa shape index (κ1) is 13.0. The van der Waals surface area contributed by atoms with Gasteiger partial charge in [-0.15, -0.1) is 11.3 Å². The van der Waals surface area contributed by atoms with Crippen LogP contribution in [-0.4, -0.2) is 15.0 Å². The second-order valence-corrected chi connectivity index (χ2v) is 6.46. The van der Waals surface area contributed by atoms with E-state index in [4.69, 9.17) is 16.3 Å². The van der Waals surface area contributed by atoms with Gasteiger partial charge in [0.2, 0.25) is 5.88 Å². The number of ether oxygens (including phenoxy) is 1. The molecule has 106 valence electrons.